The van der Waals surface area contributed by atoms with E-state index in [9.17, 15) is 18.0 Å². The number of anilines is 2. The maximum atomic E-state index is 14.3. The molecule has 1 aliphatic carbocycles. The fourth-order valence-corrected chi connectivity index (χ4v) is 8.97. The van der Waals surface area contributed by atoms with Crippen LogP contribution in [0.2, 0.25) is 5.02 Å². The van der Waals surface area contributed by atoms with Gasteiger partial charge in [0.1, 0.15) is 12.4 Å². The molecular formula is C33H39BrClF3N8O3. The molecular weight excluding hydrogens is 729 g/mol. The summed E-state index contributed by atoms with van der Waals surface area (Å²) in [5.41, 5.74) is 12.8. The molecule has 1 spiro atoms. The van der Waals surface area contributed by atoms with Crippen molar-refractivity contribution < 1.29 is 27.4 Å². The van der Waals surface area contributed by atoms with Crippen molar-refractivity contribution in [2.45, 2.75) is 89.4 Å². The zero-order valence-corrected chi connectivity index (χ0v) is 29.7. The van der Waals surface area contributed by atoms with Gasteiger partial charge in [0.15, 0.2) is 5.69 Å². The molecule has 264 valence electrons. The lowest BCUT2D eigenvalue weighted by atomic mass is 9.87. The number of hydrogen-bond acceptors (Lipinski definition) is 9. The number of nitrogen functional groups attached to an aromatic ring is 1. The molecule has 4 aliphatic rings. The fraction of sp³-hybridized carbons (Fsp3) is 0.576. The zero-order chi connectivity index (χ0) is 34.9. The Morgan fingerprint density at radius 3 is 2.69 bits per heavy atom. The minimum absolute atomic E-state index is 0.0223. The molecule has 7 rings (SSSR count). The van der Waals surface area contributed by atoms with Gasteiger partial charge in [-0.3, -0.25) is 14.4 Å². The number of halogens is 5. The van der Waals surface area contributed by atoms with Crippen molar-refractivity contribution in [2.75, 3.05) is 37.4 Å². The van der Waals surface area contributed by atoms with E-state index in [1.807, 2.05) is 4.90 Å². The summed E-state index contributed by atoms with van der Waals surface area (Å²) in [5.74, 6) is -0.0791. The van der Waals surface area contributed by atoms with Gasteiger partial charge in [0.25, 0.3) is 5.91 Å². The third kappa shape index (κ3) is 6.36. The largest absolute Gasteiger partial charge is 0.461 e. The molecule has 1 amide bonds. The molecule has 2 unspecified atom stereocenters. The molecule has 1 aromatic carbocycles. The maximum absolute atomic E-state index is 14.3. The van der Waals surface area contributed by atoms with Crippen LogP contribution in [0.5, 0.6) is 6.01 Å². The predicted octanol–water partition coefficient (Wildman–Crippen LogP) is 6.05. The van der Waals surface area contributed by atoms with Gasteiger partial charge in [-0.15, -0.1) is 0 Å². The van der Waals surface area contributed by atoms with E-state index < -0.39 is 28.8 Å². The highest BCUT2D eigenvalue weighted by atomic mass is 79.9. The summed E-state index contributed by atoms with van der Waals surface area (Å²) in [4.78, 5) is 26.3. The topological polar surface area (TPSA) is 138 Å². The number of alkyl halides is 3. The number of amides is 1. The average Bonchev–Trinajstić information content (AvgIpc) is 3.68. The lowest BCUT2D eigenvalue weighted by Gasteiger charge is -2.36. The van der Waals surface area contributed by atoms with E-state index in [4.69, 9.17) is 42.5 Å². The second-order valence-electron chi connectivity index (χ2n) is 14.0. The van der Waals surface area contributed by atoms with Crippen LogP contribution in [0, 0.1) is 5.41 Å². The van der Waals surface area contributed by atoms with Crippen molar-refractivity contribution in [3.63, 3.8) is 0 Å². The Kier molecular flexibility index (Phi) is 8.80. The van der Waals surface area contributed by atoms with Crippen molar-refractivity contribution in [1.29, 1.82) is 0 Å². The lowest BCUT2D eigenvalue weighted by Crippen LogP contribution is -2.46. The van der Waals surface area contributed by atoms with Gasteiger partial charge < -0.3 is 25.8 Å². The van der Waals surface area contributed by atoms with E-state index in [1.165, 1.54) is 18.9 Å². The maximum Gasteiger partial charge on any atom is 0.418 e. The number of aromatic nitrogens is 4. The van der Waals surface area contributed by atoms with Crippen molar-refractivity contribution in [2.24, 2.45) is 11.1 Å². The number of fused-ring (bicyclic) bond motifs is 2. The van der Waals surface area contributed by atoms with E-state index in [0.29, 0.717) is 59.6 Å². The summed E-state index contributed by atoms with van der Waals surface area (Å²) in [6.45, 7) is 5.01. The van der Waals surface area contributed by atoms with Crippen LogP contribution in [0.25, 0.3) is 0 Å². The number of carbonyl (C=O) groups excluding carboxylic acids is 1. The monoisotopic (exact) mass is 766 g/mol. The highest BCUT2D eigenvalue weighted by Crippen LogP contribution is 2.58. The van der Waals surface area contributed by atoms with Gasteiger partial charge in [-0.25, -0.2) is 0 Å². The van der Waals surface area contributed by atoms with Gasteiger partial charge >= 0.3 is 12.2 Å². The molecule has 3 aliphatic heterocycles. The fourth-order valence-electron chi connectivity index (χ4n) is 8.03. The van der Waals surface area contributed by atoms with Gasteiger partial charge in [0.05, 0.1) is 51.2 Å². The van der Waals surface area contributed by atoms with Crippen LogP contribution in [0.1, 0.15) is 90.1 Å². The van der Waals surface area contributed by atoms with Gasteiger partial charge in [-0.2, -0.15) is 28.2 Å². The highest BCUT2D eigenvalue weighted by molar-refractivity contribution is 9.10. The number of primary amides is 1. The molecule has 4 N–H and O–H groups in total. The van der Waals surface area contributed by atoms with Crippen molar-refractivity contribution in [1.82, 2.24) is 24.6 Å². The van der Waals surface area contributed by atoms with Gasteiger partial charge in [0.2, 0.25) is 0 Å². The number of nitrogens with zero attached hydrogens (tertiary/aromatic N) is 6. The second kappa shape index (κ2) is 12.6. The minimum atomic E-state index is -4.72. The summed E-state index contributed by atoms with van der Waals surface area (Å²) in [6, 6.07) is 2.53. The summed E-state index contributed by atoms with van der Waals surface area (Å²) in [5, 5.41) is 3.94. The van der Waals surface area contributed by atoms with Gasteiger partial charge in [-0.05, 0) is 78.2 Å². The molecule has 11 nitrogen and oxygen atoms in total. The predicted molar refractivity (Wildman–Crippen MR) is 180 cm³/mol. The number of rotatable bonds is 8. The first-order valence-corrected chi connectivity index (χ1v) is 17.7. The number of benzene rings is 1. The van der Waals surface area contributed by atoms with Crippen LogP contribution in [0.3, 0.4) is 0 Å². The normalized spacial score (nSPS) is 23.3. The van der Waals surface area contributed by atoms with E-state index in [0.717, 1.165) is 37.6 Å². The van der Waals surface area contributed by atoms with Crippen LogP contribution in [-0.4, -0.2) is 62.8 Å². The molecule has 16 heteroatoms. The molecule has 0 radical (unpaired) electrons. The Morgan fingerprint density at radius 2 is 2.02 bits per heavy atom. The summed E-state index contributed by atoms with van der Waals surface area (Å²) in [7, 11) is 2.15. The summed E-state index contributed by atoms with van der Waals surface area (Å²) in [6.07, 6.45) is 0.402. The Bertz CT molecular complexity index is 1800. The first-order valence-electron chi connectivity index (χ1n) is 16.5. The van der Waals surface area contributed by atoms with E-state index >= 15 is 0 Å². The first-order chi connectivity index (χ1) is 23.2. The number of carbonyl (C=O) groups is 1. The second-order valence-corrected chi connectivity index (χ2v) is 15.2. The molecule has 5 heterocycles. The molecule has 3 aromatic rings. The van der Waals surface area contributed by atoms with E-state index in [-0.39, 0.29) is 41.5 Å². The van der Waals surface area contributed by atoms with Gasteiger partial charge in [0, 0.05) is 37.3 Å². The number of nitrogens with two attached hydrogens (primary N) is 2. The zero-order valence-electron chi connectivity index (χ0n) is 27.4. The third-order valence-corrected chi connectivity index (χ3v) is 11.7. The molecule has 2 fully saturated rings. The third-order valence-electron chi connectivity index (χ3n) is 10.5. The number of likely N-dealkylation sites (tertiary alicyclic amines) is 1. The molecule has 1 saturated carbocycles. The van der Waals surface area contributed by atoms with Crippen LogP contribution in [0.15, 0.2) is 16.6 Å². The number of likely N-dealkylation sites (N-methyl/N-ethyl adjacent to an activating group) is 1. The standard InChI is InChI=1S/C33H39BrClF3N8O3/c1-3-5-32(15-31(6-7-31)16-44(32)2)17-49-30-41-22-12-24(19-10-18(39)11-21(35)25(19)33(36,37)38)48-14-20(22)29(42-30)45-8-4-9-46-23(13-45)26(34)27(43-46)28(40)47/h10-11,24H,3-9,12-17,39H2,1-2H3,(H2,40,47). The molecule has 49 heavy (non-hydrogen) atoms. The molecule has 1 saturated heterocycles. The lowest BCUT2D eigenvalue weighted by molar-refractivity contribution is -0.139. The SMILES string of the molecule is CCCC1(COc2nc3c(c(N4CCCn5nc(C(N)=O)c(Br)c5C4)n2)COC(c2cc(N)cc(Cl)c2C(F)(F)F)C3)CC2(CC2)CN1C. The highest BCUT2D eigenvalue weighted by Gasteiger charge is 2.57. The van der Waals surface area contributed by atoms with Crippen molar-refractivity contribution >= 4 is 44.9 Å². The molecule has 0 bridgehead atoms. The quantitative estimate of drug-likeness (QED) is 0.263. The number of aryl methyl sites for hydroxylation is 1. The van der Waals surface area contributed by atoms with Crippen molar-refractivity contribution in [3.8, 4) is 6.01 Å². The smallest absolute Gasteiger partial charge is 0.418 e. The Labute approximate surface area is 295 Å². The Balaban J connectivity index is 1.27. The average molecular weight is 768 g/mol. The van der Waals surface area contributed by atoms with Crippen LogP contribution in [0.4, 0.5) is 24.7 Å². The van der Waals surface area contributed by atoms with Crippen LogP contribution in [-0.2, 0) is 37.0 Å². The van der Waals surface area contributed by atoms with Crippen LogP contribution >= 0.6 is 27.5 Å². The Morgan fingerprint density at radius 1 is 1.24 bits per heavy atom. The molecule has 2 atom stereocenters. The van der Waals surface area contributed by atoms with Gasteiger partial charge in [-0.1, -0.05) is 24.9 Å². The number of ether oxygens (including phenoxy) is 2. The summed E-state index contributed by atoms with van der Waals surface area (Å²) < 4.78 is 57.7. The minimum Gasteiger partial charge on any atom is -0.461 e. The molecule has 2 aromatic heterocycles. The van der Waals surface area contributed by atoms with Crippen LogP contribution < -0.4 is 21.1 Å². The summed E-state index contributed by atoms with van der Waals surface area (Å²) >= 11 is 9.63. The van der Waals surface area contributed by atoms with Crippen molar-refractivity contribution in [3.05, 3.63) is 55.4 Å². The van der Waals surface area contributed by atoms with E-state index in [2.05, 4.69) is 39.9 Å². The first kappa shape index (κ1) is 34.3. The number of hydrogen-bond donors (Lipinski definition) is 2. The Hall–Kier alpha value is -3.14. The van der Waals surface area contributed by atoms with E-state index in [1.54, 1.807) is 4.68 Å².